The molecule has 2 aromatic rings. The lowest BCUT2D eigenvalue weighted by Crippen LogP contribution is -2.54. The van der Waals surface area contributed by atoms with E-state index < -0.39 is 17.8 Å². The summed E-state index contributed by atoms with van der Waals surface area (Å²) in [4.78, 5) is 26.3. The minimum absolute atomic E-state index is 0.0459. The highest BCUT2D eigenvalue weighted by atomic mass is 19.1. The summed E-state index contributed by atoms with van der Waals surface area (Å²) in [5, 5.41) is 2.66. The van der Waals surface area contributed by atoms with Crippen LogP contribution in [0, 0.1) is 12.7 Å². The molecule has 0 spiro atoms. The van der Waals surface area contributed by atoms with Gasteiger partial charge in [-0.1, -0.05) is 36.4 Å². The van der Waals surface area contributed by atoms with E-state index in [4.69, 9.17) is 4.74 Å². The second kappa shape index (κ2) is 7.44. The van der Waals surface area contributed by atoms with E-state index in [1.54, 1.807) is 19.1 Å². The summed E-state index contributed by atoms with van der Waals surface area (Å²) in [6.07, 6.45) is 0. The SMILES string of the molecule is Cc1ccc(NC(=O)[C@@H]2COCC(=O)N2Cc2ccccc2)cc1F. The van der Waals surface area contributed by atoms with Crippen molar-refractivity contribution in [3.8, 4) is 0 Å². The second-order valence-electron chi connectivity index (χ2n) is 5.99. The molecule has 1 fully saturated rings. The van der Waals surface area contributed by atoms with E-state index in [0.717, 1.165) is 5.56 Å². The fourth-order valence-corrected chi connectivity index (χ4v) is 2.70. The van der Waals surface area contributed by atoms with Crippen molar-refractivity contribution in [2.24, 2.45) is 0 Å². The highest BCUT2D eigenvalue weighted by Gasteiger charge is 2.34. The number of nitrogens with one attached hydrogen (secondary N) is 1. The van der Waals surface area contributed by atoms with Crippen molar-refractivity contribution in [2.45, 2.75) is 19.5 Å². The lowest BCUT2D eigenvalue weighted by molar-refractivity contribution is -0.154. The summed E-state index contributed by atoms with van der Waals surface area (Å²) < 4.78 is 18.9. The molecule has 1 N–H and O–H groups in total. The summed E-state index contributed by atoms with van der Waals surface area (Å²) in [6.45, 7) is 2.04. The number of ether oxygens (including phenoxy) is 1. The average molecular weight is 342 g/mol. The summed E-state index contributed by atoms with van der Waals surface area (Å²) in [6, 6.07) is 13.2. The summed E-state index contributed by atoms with van der Waals surface area (Å²) >= 11 is 0. The lowest BCUT2D eigenvalue weighted by atomic mass is 10.1. The van der Waals surface area contributed by atoms with E-state index >= 15 is 0 Å². The molecule has 5 nitrogen and oxygen atoms in total. The Morgan fingerprint density at radius 1 is 1.28 bits per heavy atom. The van der Waals surface area contributed by atoms with Crippen molar-refractivity contribution in [1.82, 2.24) is 4.90 Å². The number of carbonyl (C=O) groups excluding carboxylic acids is 2. The zero-order valence-corrected chi connectivity index (χ0v) is 13.9. The Morgan fingerprint density at radius 2 is 2.04 bits per heavy atom. The van der Waals surface area contributed by atoms with Crippen LogP contribution in [-0.2, 0) is 20.9 Å². The van der Waals surface area contributed by atoms with Crippen molar-refractivity contribution in [3.05, 3.63) is 65.5 Å². The minimum atomic E-state index is -0.758. The first kappa shape index (κ1) is 17.1. The van der Waals surface area contributed by atoms with Crippen LogP contribution in [0.25, 0.3) is 0 Å². The first-order valence-electron chi connectivity index (χ1n) is 8.03. The summed E-state index contributed by atoms with van der Waals surface area (Å²) in [7, 11) is 0. The summed E-state index contributed by atoms with van der Waals surface area (Å²) in [5.74, 6) is -1.03. The Morgan fingerprint density at radius 3 is 2.76 bits per heavy atom. The van der Waals surface area contributed by atoms with Gasteiger partial charge in [0.05, 0.1) is 6.61 Å². The van der Waals surface area contributed by atoms with E-state index in [-0.39, 0.29) is 19.1 Å². The summed E-state index contributed by atoms with van der Waals surface area (Å²) in [5.41, 5.74) is 1.78. The third-order valence-electron chi connectivity index (χ3n) is 4.14. The lowest BCUT2D eigenvalue weighted by Gasteiger charge is -2.34. The Hall–Kier alpha value is -2.73. The monoisotopic (exact) mass is 342 g/mol. The molecule has 2 amide bonds. The zero-order chi connectivity index (χ0) is 17.8. The van der Waals surface area contributed by atoms with Crippen LogP contribution in [-0.4, -0.2) is 36.0 Å². The van der Waals surface area contributed by atoms with Crippen molar-refractivity contribution in [2.75, 3.05) is 18.5 Å². The standard InChI is InChI=1S/C19H19FN2O3/c1-13-7-8-15(9-16(13)20)21-19(24)17-11-25-12-18(23)22(17)10-14-5-3-2-4-6-14/h2-9,17H,10-12H2,1H3,(H,21,24)/t17-/m0/s1. The molecule has 0 saturated carbocycles. The molecular formula is C19H19FN2O3. The smallest absolute Gasteiger partial charge is 0.249 e. The first-order valence-corrected chi connectivity index (χ1v) is 8.03. The van der Waals surface area contributed by atoms with Gasteiger partial charge in [0.15, 0.2) is 0 Å². The highest BCUT2D eigenvalue weighted by molar-refractivity contribution is 5.98. The maximum Gasteiger partial charge on any atom is 0.249 e. The minimum Gasteiger partial charge on any atom is -0.369 e. The third-order valence-corrected chi connectivity index (χ3v) is 4.14. The van der Waals surface area contributed by atoms with Crippen molar-refractivity contribution in [3.63, 3.8) is 0 Å². The topological polar surface area (TPSA) is 58.6 Å². The number of amides is 2. The molecule has 0 bridgehead atoms. The number of rotatable bonds is 4. The predicted molar refractivity (Wildman–Crippen MR) is 91.4 cm³/mol. The van der Waals surface area contributed by atoms with Gasteiger partial charge in [0.25, 0.3) is 0 Å². The van der Waals surface area contributed by atoms with Gasteiger partial charge < -0.3 is 15.0 Å². The van der Waals surface area contributed by atoms with Crippen molar-refractivity contribution >= 4 is 17.5 Å². The van der Waals surface area contributed by atoms with E-state index in [1.807, 2.05) is 30.3 Å². The van der Waals surface area contributed by atoms with Gasteiger partial charge in [-0.25, -0.2) is 4.39 Å². The average Bonchev–Trinajstić information content (AvgIpc) is 2.61. The number of halogens is 1. The van der Waals surface area contributed by atoms with Crippen LogP contribution in [0.4, 0.5) is 10.1 Å². The van der Waals surface area contributed by atoms with Gasteiger partial charge in [-0.3, -0.25) is 9.59 Å². The molecule has 0 aromatic heterocycles. The Labute approximate surface area is 145 Å². The van der Waals surface area contributed by atoms with Gasteiger partial charge in [-0.2, -0.15) is 0 Å². The van der Waals surface area contributed by atoms with E-state index in [1.165, 1.54) is 11.0 Å². The maximum atomic E-state index is 13.7. The Kier molecular flexibility index (Phi) is 5.09. The largest absolute Gasteiger partial charge is 0.369 e. The predicted octanol–water partition coefficient (Wildman–Crippen LogP) is 2.50. The van der Waals surface area contributed by atoms with Crippen LogP contribution in [0.1, 0.15) is 11.1 Å². The van der Waals surface area contributed by atoms with Gasteiger partial charge >= 0.3 is 0 Å². The number of anilines is 1. The number of morpholine rings is 1. The van der Waals surface area contributed by atoms with Crippen LogP contribution >= 0.6 is 0 Å². The molecule has 0 aliphatic carbocycles. The normalized spacial score (nSPS) is 17.4. The zero-order valence-electron chi connectivity index (χ0n) is 13.9. The maximum absolute atomic E-state index is 13.7. The number of hydrogen-bond acceptors (Lipinski definition) is 3. The van der Waals surface area contributed by atoms with Gasteiger partial charge in [0.2, 0.25) is 11.8 Å². The first-order chi connectivity index (χ1) is 12.0. The molecule has 0 unspecified atom stereocenters. The van der Waals surface area contributed by atoms with E-state index in [9.17, 15) is 14.0 Å². The number of hydrogen-bond donors (Lipinski definition) is 1. The molecule has 25 heavy (non-hydrogen) atoms. The number of nitrogens with zero attached hydrogens (tertiary/aromatic N) is 1. The van der Waals surface area contributed by atoms with Crippen LogP contribution in [0.5, 0.6) is 0 Å². The molecule has 1 heterocycles. The number of aryl methyl sites for hydroxylation is 1. The molecule has 3 rings (SSSR count). The molecular weight excluding hydrogens is 323 g/mol. The van der Waals surface area contributed by atoms with Crippen LogP contribution in [0.15, 0.2) is 48.5 Å². The van der Waals surface area contributed by atoms with Gasteiger partial charge in [0.1, 0.15) is 18.5 Å². The van der Waals surface area contributed by atoms with E-state index in [2.05, 4.69) is 5.32 Å². The van der Waals surface area contributed by atoms with Crippen LogP contribution < -0.4 is 5.32 Å². The number of benzene rings is 2. The quantitative estimate of drug-likeness (QED) is 0.929. The fraction of sp³-hybridized carbons (Fsp3) is 0.263. The van der Waals surface area contributed by atoms with Gasteiger partial charge in [-0.05, 0) is 30.2 Å². The van der Waals surface area contributed by atoms with E-state index in [0.29, 0.717) is 17.8 Å². The van der Waals surface area contributed by atoms with Gasteiger partial charge in [-0.15, -0.1) is 0 Å². The fourth-order valence-electron chi connectivity index (χ4n) is 2.70. The number of carbonyl (C=O) groups is 2. The Bertz CT molecular complexity index is 779. The molecule has 2 aromatic carbocycles. The van der Waals surface area contributed by atoms with Crippen LogP contribution in [0.3, 0.4) is 0 Å². The molecule has 1 aliphatic rings. The highest BCUT2D eigenvalue weighted by Crippen LogP contribution is 2.18. The molecule has 6 heteroatoms. The molecule has 0 radical (unpaired) electrons. The second-order valence-corrected chi connectivity index (χ2v) is 5.99. The van der Waals surface area contributed by atoms with Crippen molar-refractivity contribution < 1.29 is 18.7 Å². The molecule has 1 atom stereocenters. The third kappa shape index (κ3) is 4.03. The van der Waals surface area contributed by atoms with Crippen LogP contribution in [0.2, 0.25) is 0 Å². The Balaban J connectivity index is 1.76. The van der Waals surface area contributed by atoms with Crippen molar-refractivity contribution in [1.29, 1.82) is 0 Å². The molecule has 1 aliphatic heterocycles. The van der Waals surface area contributed by atoms with Gasteiger partial charge in [0, 0.05) is 12.2 Å². The molecule has 130 valence electrons. The molecule has 1 saturated heterocycles.